The maximum atomic E-state index is 11.3. The minimum Gasteiger partial charge on any atom is -0.424 e. The first kappa shape index (κ1) is 10.2. The molecule has 0 saturated carbocycles. The molecule has 0 unspecified atom stereocenters. The van der Waals surface area contributed by atoms with Crippen LogP contribution in [0.15, 0.2) is 18.3 Å². The van der Waals surface area contributed by atoms with E-state index in [0.717, 1.165) is 6.47 Å². The Bertz CT molecular complexity index is 337. The van der Waals surface area contributed by atoms with Crippen LogP contribution in [-0.2, 0) is 14.3 Å². The van der Waals surface area contributed by atoms with Gasteiger partial charge in [-0.15, -0.1) is 0 Å². The first-order valence-corrected chi connectivity index (χ1v) is 3.83. The van der Waals surface area contributed by atoms with Crippen LogP contribution in [0.25, 0.3) is 0 Å². The highest BCUT2D eigenvalue weighted by Crippen LogP contribution is 2.05. The van der Waals surface area contributed by atoms with Gasteiger partial charge >= 0.3 is 12.4 Å². The van der Waals surface area contributed by atoms with Gasteiger partial charge in [-0.25, -0.2) is 9.59 Å². The normalized spacial score (nSPS) is 9.21. The standard InChI is InChI=1S/C9H8NO4/c1-7-8(3-2-4-10-7)9(12)14-6-13-5-11/h2-4H,6H2,1H3. The van der Waals surface area contributed by atoms with Crippen molar-refractivity contribution >= 4 is 12.4 Å². The second kappa shape index (κ2) is 4.96. The lowest BCUT2D eigenvalue weighted by atomic mass is 10.2. The van der Waals surface area contributed by atoms with Crippen molar-refractivity contribution < 1.29 is 19.1 Å². The molecule has 0 amide bonds. The third-order valence-corrected chi connectivity index (χ3v) is 1.53. The molecule has 1 aromatic rings. The molecule has 5 heteroatoms. The fourth-order valence-corrected chi connectivity index (χ4v) is 0.885. The lowest BCUT2D eigenvalue weighted by Gasteiger charge is -2.03. The van der Waals surface area contributed by atoms with Gasteiger partial charge in [0.15, 0.2) is 0 Å². The zero-order valence-corrected chi connectivity index (χ0v) is 7.52. The second-order valence-electron chi connectivity index (χ2n) is 2.41. The van der Waals surface area contributed by atoms with Gasteiger partial charge in [0, 0.05) is 6.20 Å². The number of nitrogens with zero attached hydrogens (tertiary/aromatic N) is 1. The smallest absolute Gasteiger partial charge is 0.420 e. The third-order valence-electron chi connectivity index (χ3n) is 1.53. The van der Waals surface area contributed by atoms with Gasteiger partial charge in [-0.1, -0.05) is 0 Å². The van der Waals surface area contributed by atoms with Gasteiger partial charge in [-0.05, 0) is 19.1 Å². The molecule has 0 aliphatic heterocycles. The number of esters is 1. The van der Waals surface area contributed by atoms with E-state index in [9.17, 15) is 9.59 Å². The number of rotatable bonds is 4. The zero-order valence-electron chi connectivity index (χ0n) is 7.52. The van der Waals surface area contributed by atoms with Gasteiger partial charge in [-0.3, -0.25) is 4.98 Å². The molecule has 0 spiro atoms. The number of aromatic nitrogens is 1. The molecule has 0 aliphatic rings. The summed E-state index contributed by atoms with van der Waals surface area (Å²) in [5, 5.41) is 0. The topological polar surface area (TPSA) is 65.5 Å². The Morgan fingerprint density at radius 3 is 3.07 bits per heavy atom. The van der Waals surface area contributed by atoms with Gasteiger partial charge in [0.05, 0.1) is 11.3 Å². The minimum absolute atomic E-state index is 0.349. The summed E-state index contributed by atoms with van der Waals surface area (Å²) in [5.74, 6) is -0.578. The zero-order chi connectivity index (χ0) is 10.4. The van der Waals surface area contributed by atoms with Gasteiger partial charge in [0.25, 0.3) is 0 Å². The quantitative estimate of drug-likeness (QED) is 0.398. The molecule has 14 heavy (non-hydrogen) atoms. The van der Waals surface area contributed by atoms with E-state index in [0.29, 0.717) is 11.3 Å². The lowest BCUT2D eigenvalue weighted by Crippen LogP contribution is -2.10. The van der Waals surface area contributed by atoms with Crippen LogP contribution in [-0.4, -0.2) is 24.2 Å². The van der Waals surface area contributed by atoms with Gasteiger partial charge in [-0.2, -0.15) is 0 Å². The lowest BCUT2D eigenvalue weighted by molar-refractivity contribution is 0.0106. The fourth-order valence-electron chi connectivity index (χ4n) is 0.885. The SMILES string of the molecule is Cc1ncccc1C(=O)OCO[C]=O. The number of carbonyl (C=O) groups excluding carboxylic acids is 2. The molecular formula is C9H8NO4. The van der Waals surface area contributed by atoms with E-state index in [1.165, 1.54) is 0 Å². The predicted octanol–water partition coefficient (Wildman–Crippen LogP) is 0.588. The number of hydrogen-bond acceptors (Lipinski definition) is 5. The molecule has 0 saturated heterocycles. The molecule has 1 aromatic heterocycles. The van der Waals surface area contributed by atoms with E-state index in [1.54, 1.807) is 25.3 Å². The van der Waals surface area contributed by atoms with Crippen LogP contribution >= 0.6 is 0 Å². The summed E-state index contributed by atoms with van der Waals surface area (Å²) in [6, 6.07) is 3.20. The summed E-state index contributed by atoms with van der Waals surface area (Å²) in [6.07, 6.45) is 1.57. The van der Waals surface area contributed by atoms with Crippen molar-refractivity contribution in [3.8, 4) is 0 Å². The highest BCUT2D eigenvalue weighted by molar-refractivity contribution is 5.90. The van der Waals surface area contributed by atoms with Crippen molar-refractivity contribution in [3.05, 3.63) is 29.6 Å². The first-order chi connectivity index (χ1) is 6.75. The van der Waals surface area contributed by atoms with Crippen molar-refractivity contribution in [1.29, 1.82) is 0 Å². The highest BCUT2D eigenvalue weighted by Gasteiger charge is 2.10. The average Bonchev–Trinajstić information content (AvgIpc) is 2.18. The van der Waals surface area contributed by atoms with Crippen LogP contribution in [0.5, 0.6) is 0 Å². The van der Waals surface area contributed by atoms with Crippen LogP contribution in [0, 0.1) is 6.92 Å². The van der Waals surface area contributed by atoms with Gasteiger partial charge in [0.2, 0.25) is 6.79 Å². The molecule has 0 aliphatic carbocycles. The van der Waals surface area contributed by atoms with Crippen molar-refractivity contribution in [2.45, 2.75) is 6.92 Å². The van der Waals surface area contributed by atoms with E-state index in [1.807, 2.05) is 0 Å². The Kier molecular flexibility index (Phi) is 3.60. The average molecular weight is 194 g/mol. The third kappa shape index (κ3) is 2.55. The van der Waals surface area contributed by atoms with Crippen LogP contribution < -0.4 is 0 Å². The Morgan fingerprint density at radius 1 is 1.64 bits per heavy atom. The summed E-state index contributed by atoms with van der Waals surface area (Å²) in [4.78, 5) is 24.8. The molecule has 0 atom stereocenters. The van der Waals surface area contributed by atoms with Crippen molar-refractivity contribution in [2.75, 3.05) is 6.79 Å². The predicted molar refractivity (Wildman–Crippen MR) is 46.0 cm³/mol. The number of ether oxygens (including phenoxy) is 2. The molecule has 0 fully saturated rings. The van der Waals surface area contributed by atoms with E-state index in [-0.39, 0.29) is 0 Å². The number of pyridine rings is 1. The Hall–Kier alpha value is -1.91. The van der Waals surface area contributed by atoms with E-state index >= 15 is 0 Å². The molecule has 0 N–H and O–H groups in total. The molecule has 0 aromatic carbocycles. The second-order valence-corrected chi connectivity index (χ2v) is 2.41. The van der Waals surface area contributed by atoms with E-state index in [4.69, 9.17) is 0 Å². The van der Waals surface area contributed by atoms with Crippen molar-refractivity contribution in [2.24, 2.45) is 0 Å². The van der Waals surface area contributed by atoms with Crippen molar-refractivity contribution in [1.82, 2.24) is 4.98 Å². The molecule has 1 rings (SSSR count). The van der Waals surface area contributed by atoms with Crippen molar-refractivity contribution in [3.63, 3.8) is 0 Å². The number of carbonyl (C=O) groups is 1. The molecule has 5 nitrogen and oxygen atoms in total. The Morgan fingerprint density at radius 2 is 2.43 bits per heavy atom. The minimum atomic E-state index is -0.578. The summed E-state index contributed by atoms with van der Waals surface area (Å²) in [7, 11) is 0. The molecule has 1 heterocycles. The maximum Gasteiger partial charge on any atom is 0.420 e. The monoisotopic (exact) mass is 194 g/mol. The van der Waals surface area contributed by atoms with E-state index in [2.05, 4.69) is 14.5 Å². The summed E-state index contributed by atoms with van der Waals surface area (Å²) < 4.78 is 8.68. The molecular weight excluding hydrogens is 186 g/mol. The highest BCUT2D eigenvalue weighted by atomic mass is 16.7. The number of hydrogen-bond donors (Lipinski definition) is 0. The van der Waals surface area contributed by atoms with E-state index < -0.39 is 12.8 Å². The number of aryl methyl sites for hydroxylation is 1. The fraction of sp³-hybridized carbons (Fsp3) is 0.222. The van der Waals surface area contributed by atoms with Gasteiger partial charge in [0.1, 0.15) is 0 Å². The molecule has 0 bridgehead atoms. The largest absolute Gasteiger partial charge is 0.424 e. The van der Waals surface area contributed by atoms with Crippen LogP contribution in [0.1, 0.15) is 16.1 Å². The summed E-state index contributed by atoms with van der Waals surface area (Å²) in [6.45, 7) is 2.40. The van der Waals surface area contributed by atoms with Crippen LogP contribution in [0.4, 0.5) is 0 Å². The Labute approximate surface area is 80.7 Å². The Balaban J connectivity index is 2.60. The van der Waals surface area contributed by atoms with Gasteiger partial charge < -0.3 is 9.47 Å². The van der Waals surface area contributed by atoms with Crippen LogP contribution in [0.2, 0.25) is 0 Å². The first-order valence-electron chi connectivity index (χ1n) is 3.83. The molecule has 1 radical (unpaired) electrons. The molecule has 73 valence electrons. The van der Waals surface area contributed by atoms with Crippen LogP contribution in [0.3, 0.4) is 0 Å². The maximum absolute atomic E-state index is 11.3. The summed E-state index contributed by atoms with van der Waals surface area (Å²) in [5.41, 5.74) is 0.912. The summed E-state index contributed by atoms with van der Waals surface area (Å²) >= 11 is 0.